The van der Waals surface area contributed by atoms with Crippen molar-refractivity contribution in [2.45, 2.75) is 13.0 Å². The summed E-state index contributed by atoms with van der Waals surface area (Å²) >= 11 is 11.1. The van der Waals surface area contributed by atoms with Crippen LogP contribution >= 0.6 is 23.6 Å². The second-order valence-electron chi connectivity index (χ2n) is 2.35. The summed E-state index contributed by atoms with van der Waals surface area (Å²) in [6, 6.07) is 9.90. The average molecular weight is 190 g/mol. The molecular weight excluding hydrogens is 181 g/mol. The van der Waals surface area contributed by atoms with Crippen molar-refractivity contribution in [3.8, 4) is 0 Å². The van der Waals surface area contributed by atoms with Crippen LogP contribution in [0.3, 0.4) is 0 Å². The first-order valence-corrected chi connectivity index (χ1v) is 4.05. The number of hydrogen-bond donors (Lipinski definition) is 0. The second-order valence-corrected chi connectivity index (χ2v) is 3.25. The van der Waals surface area contributed by atoms with Crippen molar-refractivity contribution in [2.75, 3.05) is 0 Å². The predicted molar refractivity (Wildman–Crippen MR) is 48.4 cm³/mol. The van der Waals surface area contributed by atoms with Crippen LogP contribution in [0.4, 0.5) is 0 Å². The molecule has 0 heterocycles. The zero-order chi connectivity index (χ0) is 8.27. The highest BCUT2D eigenvalue weighted by Gasteiger charge is 2.09. The molecule has 0 fully saturated rings. The molecule has 1 rings (SSSR count). The summed E-state index contributed by atoms with van der Waals surface area (Å²) in [6.45, 7) is 1.94. The molecule has 11 heavy (non-hydrogen) atoms. The lowest BCUT2D eigenvalue weighted by molar-refractivity contribution is 0.555. The van der Waals surface area contributed by atoms with Gasteiger partial charge in [0.25, 0.3) is 0 Å². The Morgan fingerprint density at radius 2 is 1.73 bits per heavy atom. The highest BCUT2D eigenvalue weighted by molar-refractivity contribution is 6.33. The van der Waals surface area contributed by atoms with E-state index in [1.54, 1.807) is 0 Å². The molecule has 1 nitrogen and oxygen atoms in total. The normalized spacial score (nSPS) is 13.5. The lowest BCUT2D eigenvalue weighted by atomic mass is 10.1. The van der Waals surface area contributed by atoms with Crippen molar-refractivity contribution in [2.24, 2.45) is 0 Å². The van der Waals surface area contributed by atoms with Gasteiger partial charge in [-0.15, -0.1) is 3.94 Å². The minimum absolute atomic E-state index is 0.0412. The predicted octanol–water partition coefficient (Wildman–Crippen LogP) is 3.36. The molecule has 0 aliphatic heterocycles. The topological polar surface area (TPSA) is 3.24 Å². The third kappa shape index (κ3) is 2.37. The minimum Gasteiger partial charge on any atom is -0.125 e. The smallest absolute Gasteiger partial charge is 0.0637 e. The molecule has 0 aromatic heterocycles. The van der Waals surface area contributed by atoms with E-state index in [4.69, 9.17) is 23.6 Å². The van der Waals surface area contributed by atoms with Crippen molar-refractivity contribution in [3.63, 3.8) is 0 Å². The Morgan fingerprint density at radius 1 is 1.18 bits per heavy atom. The first kappa shape index (κ1) is 8.85. The van der Waals surface area contributed by atoms with E-state index in [1.165, 1.54) is 0 Å². The van der Waals surface area contributed by atoms with Crippen molar-refractivity contribution < 1.29 is 0 Å². The lowest BCUT2D eigenvalue weighted by Crippen LogP contribution is -2.04. The van der Waals surface area contributed by atoms with Crippen LogP contribution in [0.2, 0.25) is 0 Å². The van der Waals surface area contributed by atoms with Crippen molar-refractivity contribution in [1.29, 1.82) is 0 Å². The van der Waals surface area contributed by atoms with Gasteiger partial charge in [-0.1, -0.05) is 30.3 Å². The average Bonchev–Trinajstić information content (AvgIpc) is 2.05. The Morgan fingerprint density at radius 3 is 2.18 bits per heavy atom. The lowest BCUT2D eigenvalue weighted by Gasteiger charge is -2.13. The zero-order valence-corrected chi connectivity index (χ0v) is 7.68. The molecule has 1 atom stereocenters. The standard InChI is InChI=1S/C8H9Cl2N/c1-7(11(9)10)8-5-3-2-4-6-8/h2-7H,1H3. The van der Waals surface area contributed by atoms with E-state index in [0.717, 1.165) is 9.50 Å². The number of benzene rings is 1. The molecule has 0 aliphatic rings. The molecular formula is C8H9Cl2N. The summed E-state index contributed by atoms with van der Waals surface area (Å²) in [6.07, 6.45) is 0. The Kier molecular flexibility index (Phi) is 3.18. The van der Waals surface area contributed by atoms with Gasteiger partial charge in [0.15, 0.2) is 0 Å². The van der Waals surface area contributed by atoms with Gasteiger partial charge in [0.2, 0.25) is 0 Å². The van der Waals surface area contributed by atoms with Crippen LogP contribution in [0.1, 0.15) is 18.5 Å². The second kappa shape index (κ2) is 3.96. The molecule has 3 heteroatoms. The molecule has 1 unspecified atom stereocenters. The molecule has 60 valence electrons. The molecule has 0 radical (unpaired) electrons. The van der Waals surface area contributed by atoms with Crippen LogP contribution in [-0.4, -0.2) is 3.94 Å². The largest absolute Gasteiger partial charge is 0.125 e. The third-order valence-corrected chi connectivity index (χ3v) is 2.16. The van der Waals surface area contributed by atoms with Crippen molar-refractivity contribution in [3.05, 3.63) is 35.9 Å². The summed E-state index contributed by atoms with van der Waals surface area (Å²) in [4.78, 5) is 0. The van der Waals surface area contributed by atoms with Crippen LogP contribution in [0, 0.1) is 0 Å². The van der Waals surface area contributed by atoms with Gasteiger partial charge in [-0.25, -0.2) is 0 Å². The molecule has 1 aromatic carbocycles. The molecule has 0 aliphatic carbocycles. The van der Waals surface area contributed by atoms with Crippen LogP contribution < -0.4 is 0 Å². The van der Waals surface area contributed by atoms with Gasteiger partial charge in [-0.3, -0.25) is 0 Å². The number of halogens is 2. The van der Waals surface area contributed by atoms with Gasteiger partial charge in [0, 0.05) is 0 Å². The fraction of sp³-hybridized carbons (Fsp3) is 0.250. The van der Waals surface area contributed by atoms with Gasteiger partial charge < -0.3 is 0 Å². The van der Waals surface area contributed by atoms with E-state index < -0.39 is 0 Å². The summed E-state index contributed by atoms with van der Waals surface area (Å²) in [5.41, 5.74) is 1.11. The van der Waals surface area contributed by atoms with E-state index in [-0.39, 0.29) is 6.04 Å². The van der Waals surface area contributed by atoms with Gasteiger partial charge in [-0.2, -0.15) is 0 Å². The van der Waals surface area contributed by atoms with Crippen LogP contribution in [0.25, 0.3) is 0 Å². The van der Waals surface area contributed by atoms with Gasteiger partial charge in [0.1, 0.15) is 0 Å². The molecule has 1 aromatic rings. The van der Waals surface area contributed by atoms with Gasteiger partial charge in [-0.05, 0) is 36.0 Å². The van der Waals surface area contributed by atoms with E-state index in [2.05, 4.69) is 0 Å². The van der Waals surface area contributed by atoms with Crippen molar-refractivity contribution >= 4 is 23.6 Å². The van der Waals surface area contributed by atoms with E-state index in [0.29, 0.717) is 0 Å². The first-order valence-electron chi connectivity index (χ1n) is 3.37. The molecule has 0 amide bonds. The molecule has 0 N–H and O–H groups in total. The Bertz CT molecular complexity index is 211. The maximum Gasteiger partial charge on any atom is 0.0637 e. The summed E-state index contributed by atoms with van der Waals surface area (Å²) in [5.74, 6) is 0. The SMILES string of the molecule is CC(c1ccccc1)N(Cl)Cl. The summed E-state index contributed by atoms with van der Waals surface area (Å²) < 4.78 is 1.15. The van der Waals surface area contributed by atoms with Crippen LogP contribution in [-0.2, 0) is 0 Å². The fourth-order valence-electron chi connectivity index (χ4n) is 0.844. The molecule has 0 spiro atoms. The van der Waals surface area contributed by atoms with Crippen LogP contribution in [0.15, 0.2) is 30.3 Å². The summed E-state index contributed by atoms with van der Waals surface area (Å²) in [5, 5.41) is 0. The van der Waals surface area contributed by atoms with Gasteiger partial charge >= 0.3 is 0 Å². The maximum absolute atomic E-state index is 5.56. The summed E-state index contributed by atoms with van der Waals surface area (Å²) in [7, 11) is 0. The van der Waals surface area contributed by atoms with E-state index in [1.807, 2.05) is 37.3 Å². The van der Waals surface area contributed by atoms with Gasteiger partial charge in [0.05, 0.1) is 6.04 Å². The molecule has 0 saturated carbocycles. The monoisotopic (exact) mass is 189 g/mol. The first-order chi connectivity index (χ1) is 5.22. The highest BCUT2D eigenvalue weighted by Crippen LogP contribution is 2.22. The van der Waals surface area contributed by atoms with Crippen molar-refractivity contribution in [1.82, 2.24) is 3.94 Å². The minimum atomic E-state index is 0.0412. The number of rotatable bonds is 2. The van der Waals surface area contributed by atoms with Crippen LogP contribution in [0.5, 0.6) is 0 Å². The zero-order valence-electron chi connectivity index (χ0n) is 6.17. The quantitative estimate of drug-likeness (QED) is 0.646. The fourth-order valence-corrected chi connectivity index (χ4v) is 1.07. The molecule has 0 bridgehead atoms. The molecule has 0 saturated heterocycles. The Balaban J connectivity index is 2.77. The number of nitrogens with zero attached hydrogens (tertiary/aromatic N) is 1. The number of hydrogen-bond acceptors (Lipinski definition) is 1. The Hall–Kier alpha value is -0.240. The Labute approximate surface area is 76.8 Å². The third-order valence-electron chi connectivity index (χ3n) is 1.57. The maximum atomic E-state index is 5.56. The van der Waals surface area contributed by atoms with E-state index >= 15 is 0 Å². The highest BCUT2D eigenvalue weighted by atomic mass is 35.5. The van der Waals surface area contributed by atoms with E-state index in [9.17, 15) is 0 Å².